The number of carbonyl (C=O) groups is 1. The Hall–Kier alpha value is -2.43. The maximum Gasteiger partial charge on any atom is 0.340 e. The first kappa shape index (κ1) is 11.1. The molecule has 0 aliphatic heterocycles. The Kier molecular flexibility index (Phi) is 2.74. The van der Waals surface area contributed by atoms with Crippen LogP contribution in [-0.4, -0.2) is 26.2 Å². The van der Waals surface area contributed by atoms with E-state index in [0.29, 0.717) is 11.3 Å². The molecule has 2 aromatic rings. The van der Waals surface area contributed by atoms with Gasteiger partial charge in [-0.05, 0) is 19.1 Å². The Morgan fingerprint density at radius 3 is 2.65 bits per heavy atom. The van der Waals surface area contributed by atoms with Gasteiger partial charge in [-0.3, -0.25) is 9.97 Å². The average molecular weight is 230 g/mol. The Balaban J connectivity index is 2.71. The zero-order valence-electron chi connectivity index (χ0n) is 9.08. The molecule has 0 spiro atoms. The van der Waals surface area contributed by atoms with E-state index in [1.165, 1.54) is 6.20 Å². The summed E-state index contributed by atoms with van der Waals surface area (Å²) in [5.74, 6) is -1.52. The number of aromatic carboxylic acids is 1. The lowest BCUT2D eigenvalue weighted by Crippen LogP contribution is -2.03. The first-order chi connectivity index (χ1) is 8.11. The molecule has 0 bridgehead atoms. The minimum absolute atomic E-state index is 0.170. The summed E-state index contributed by atoms with van der Waals surface area (Å²) in [4.78, 5) is 19.1. The number of hydrogen-bond acceptors (Lipinski definition) is 4. The van der Waals surface area contributed by atoms with Crippen molar-refractivity contribution in [2.24, 2.45) is 0 Å². The van der Waals surface area contributed by atoms with Crippen LogP contribution in [0.2, 0.25) is 0 Å². The second-order valence-electron chi connectivity index (χ2n) is 3.50. The lowest BCUT2D eigenvalue weighted by atomic mass is 10.0. The third kappa shape index (κ3) is 1.94. The first-order valence-electron chi connectivity index (χ1n) is 4.94. The summed E-state index contributed by atoms with van der Waals surface area (Å²) in [7, 11) is 0. The fraction of sp³-hybridized carbons (Fsp3) is 0.0833. The number of pyridine rings is 2. The van der Waals surface area contributed by atoms with E-state index >= 15 is 0 Å². The molecule has 0 amide bonds. The van der Waals surface area contributed by atoms with Crippen LogP contribution in [0.25, 0.3) is 11.3 Å². The molecule has 0 aliphatic rings. The van der Waals surface area contributed by atoms with E-state index in [-0.39, 0.29) is 17.0 Å². The van der Waals surface area contributed by atoms with Crippen molar-refractivity contribution in [3.8, 4) is 17.0 Å². The van der Waals surface area contributed by atoms with Crippen LogP contribution < -0.4 is 0 Å². The van der Waals surface area contributed by atoms with E-state index in [4.69, 9.17) is 5.11 Å². The maximum absolute atomic E-state index is 11.2. The summed E-state index contributed by atoms with van der Waals surface area (Å²) in [6.45, 7) is 1.55. The van der Waals surface area contributed by atoms with Gasteiger partial charge in [-0.25, -0.2) is 4.79 Å². The number of hydrogen-bond donors (Lipinski definition) is 2. The Bertz CT molecular complexity index is 567. The van der Waals surface area contributed by atoms with Crippen molar-refractivity contribution in [2.75, 3.05) is 0 Å². The van der Waals surface area contributed by atoms with Crippen molar-refractivity contribution in [2.45, 2.75) is 6.92 Å². The first-order valence-corrected chi connectivity index (χ1v) is 4.94. The van der Waals surface area contributed by atoms with E-state index in [0.717, 1.165) is 0 Å². The minimum atomic E-state index is -1.20. The molecule has 0 unspecified atom stereocenters. The molecule has 2 heterocycles. The van der Waals surface area contributed by atoms with E-state index in [1.54, 1.807) is 31.3 Å². The van der Waals surface area contributed by atoms with Crippen LogP contribution in [0.15, 0.2) is 30.6 Å². The number of aryl methyl sites for hydroxylation is 1. The summed E-state index contributed by atoms with van der Waals surface area (Å²) in [5.41, 5.74) is 0.882. The lowest BCUT2D eigenvalue weighted by molar-refractivity contribution is 0.0694. The highest BCUT2D eigenvalue weighted by Crippen LogP contribution is 2.29. The minimum Gasteiger partial charge on any atom is -0.505 e. The maximum atomic E-state index is 11.2. The molecular formula is C12H10N2O3. The van der Waals surface area contributed by atoms with Crippen LogP contribution in [0.1, 0.15) is 16.1 Å². The Morgan fingerprint density at radius 2 is 2.06 bits per heavy atom. The number of nitrogens with zero attached hydrogens (tertiary/aromatic N) is 2. The van der Waals surface area contributed by atoms with Crippen molar-refractivity contribution in [3.05, 3.63) is 41.9 Å². The standard InChI is InChI=1S/C12H10N2O3/c1-7-11(15)10(12(16)17)8(6-14-7)9-4-2-3-5-13-9/h2-6,15H,1H3,(H,16,17). The average Bonchev–Trinajstić information content (AvgIpc) is 2.33. The molecule has 2 rings (SSSR count). The van der Waals surface area contributed by atoms with Gasteiger partial charge in [-0.1, -0.05) is 6.07 Å². The normalized spacial score (nSPS) is 10.2. The lowest BCUT2D eigenvalue weighted by Gasteiger charge is -2.08. The summed E-state index contributed by atoms with van der Waals surface area (Å²) < 4.78 is 0. The molecule has 0 atom stereocenters. The Morgan fingerprint density at radius 1 is 1.29 bits per heavy atom. The predicted molar refractivity (Wildman–Crippen MR) is 60.8 cm³/mol. The highest BCUT2D eigenvalue weighted by atomic mass is 16.4. The van der Waals surface area contributed by atoms with Gasteiger partial charge in [0.25, 0.3) is 0 Å². The van der Waals surface area contributed by atoms with Gasteiger partial charge in [0.05, 0.1) is 11.4 Å². The van der Waals surface area contributed by atoms with Crippen LogP contribution >= 0.6 is 0 Å². The molecule has 0 aliphatic carbocycles. The Labute approximate surface area is 97.4 Å². The largest absolute Gasteiger partial charge is 0.505 e. The van der Waals surface area contributed by atoms with E-state index in [1.807, 2.05) is 0 Å². The van der Waals surface area contributed by atoms with Crippen molar-refractivity contribution in [1.82, 2.24) is 9.97 Å². The predicted octanol–water partition coefficient (Wildman–Crippen LogP) is 1.86. The van der Waals surface area contributed by atoms with Crippen molar-refractivity contribution in [3.63, 3.8) is 0 Å². The van der Waals surface area contributed by atoms with E-state index in [2.05, 4.69) is 9.97 Å². The molecule has 0 radical (unpaired) electrons. The van der Waals surface area contributed by atoms with Crippen LogP contribution in [0.3, 0.4) is 0 Å². The second-order valence-corrected chi connectivity index (χ2v) is 3.50. The molecule has 5 nitrogen and oxygen atoms in total. The summed E-state index contributed by atoms with van der Waals surface area (Å²) in [5, 5.41) is 18.9. The highest BCUT2D eigenvalue weighted by Gasteiger charge is 2.19. The summed E-state index contributed by atoms with van der Waals surface area (Å²) in [6.07, 6.45) is 2.96. The number of aromatic hydroxyl groups is 1. The van der Waals surface area contributed by atoms with Crippen molar-refractivity contribution >= 4 is 5.97 Å². The number of carboxylic acid groups (broad SMARTS) is 1. The molecule has 5 heteroatoms. The van der Waals surface area contributed by atoms with Crippen molar-refractivity contribution < 1.29 is 15.0 Å². The van der Waals surface area contributed by atoms with Gasteiger partial charge in [0, 0.05) is 18.0 Å². The van der Waals surface area contributed by atoms with Gasteiger partial charge in [-0.15, -0.1) is 0 Å². The molecular weight excluding hydrogens is 220 g/mol. The smallest absolute Gasteiger partial charge is 0.340 e. The molecule has 86 valence electrons. The topological polar surface area (TPSA) is 83.3 Å². The number of aromatic nitrogens is 2. The fourth-order valence-corrected chi connectivity index (χ4v) is 1.53. The van der Waals surface area contributed by atoms with Crippen LogP contribution in [-0.2, 0) is 0 Å². The molecule has 0 saturated heterocycles. The number of rotatable bonds is 2. The zero-order valence-corrected chi connectivity index (χ0v) is 9.08. The summed E-state index contributed by atoms with van der Waals surface area (Å²) in [6, 6.07) is 5.13. The third-order valence-corrected chi connectivity index (χ3v) is 2.39. The van der Waals surface area contributed by atoms with Crippen LogP contribution in [0.5, 0.6) is 5.75 Å². The molecule has 2 N–H and O–H groups in total. The molecule has 2 aromatic heterocycles. The van der Waals surface area contributed by atoms with Gasteiger partial charge < -0.3 is 10.2 Å². The van der Waals surface area contributed by atoms with Gasteiger partial charge in [-0.2, -0.15) is 0 Å². The SMILES string of the molecule is Cc1ncc(-c2ccccn2)c(C(=O)O)c1O. The second kappa shape index (κ2) is 4.21. The monoisotopic (exact) mass is 230 g/mol. The van der Waals surface area contributed by atoms with Gasteiger partial charge in [0.15, 0.2) is 5.75 Å². The van der Waals surface area contributed by atoms with Gasteiger partial charge in [0.1, 0.15) is 5.56 Å². The van der Waals surface area contributed by atoms with Gasteiger partial charge in [0.2, 0.25) is 0 Å². The third-order valence-electron chi connectivity index (χ3n) is 2.39. The quantitative estimate of drug-likeness (QED) is 0.822. The van der Waals surface area contributed by atoms with Crippen LogP contribution in [0, 0.1) is 6.92 Å². The van der Waals surface area contributed by atoms with Crippen LogP contribution in [0.4, 0.5) is 0 Å². The van der Waals surface area contributed by atoms with Crippen molar-refractivity contribution in [1.29, 1.82) is 0 Å². The molecule has 0 fully saturated rings. The summed E-state index contributed by atoms with van der Waals surface area (Å²) >= 11 is 0. The number of carboxylic acids is 1. The van der Waals surface area contributed by atoms with E-state index < -0.39 is 5.97 Å². The van der Waals surface area contributed by atoms with Gasteiger partial charge >= 0.3 is 5.97 Å². The highest BCUT2D eigenvalue weighted by molar-refractivity contribution is 5.98. The van der Waals surface area contributed by atoms with E-state index in [9.17, 15) is 9.90 Å². The molecule has 17 heavy (non-hydrogen) atoms. The molecule has 0 saturated carbocycles. The zero-order chi connectivity index (χ0) is 12.4. The molecule has 0 aromatic carbocycles. The fourth-order valence-electron chi connectivity index (χ4n) is 1.53.